The number of ether oxygens (including phenoxy) is 3. The Kier molecular flexibility index (Phi) is 19.8. The number of hydrogen-bond acceptors (Lipinski definition) is 10. The molecule has 6 atom stereocenters. The molecule has 2 aromatic carbocycles. The third kappa shape index (κ3) is 12.4. The molecule has 6 rings (SSSR count). The molecular weight excluding hydrogens is 1050 g/mol. The predicted molar refractivity (Wildman–Crippen MR) is 296 cm³/mol. The van der Waals surface area contributed by atoms with E-state index in [4.69, 9.17) is 14.2 Å². The monoisotopic (exact) mass is 1130 g/mol. The standard InChI is InChI=1S/C33H41F3O4.C32H37F3O6/c1-21(2)15-18-31-20-24(14-11-17-33(34,35)36)30(5,6)32(29(31)39,19-16-22(3)4)27(38)25(28(31)40-7)26(37)23-12-9-8-10-13-23;1-19(2)13-15-30-17-22(27(38)41-18-32(33,34)35)29(5,6)31(28(30)39,16-14-20(3)4)26(40-7)23(25(30)37)24(36)21-11-9-8-10-12-21/h8-10,12-13,15-16,24H,11,14,17-20H2,1-7H3;8-14,22H,15-18H2,1-7H3/t24-,31-,32+;22-,30+,31-/m01/s1. The third-order valence-electron chi connectivity index (χ3n) is 17.4. The largest absolute Gasteiger partial charge is 0.499 e. The maximum atomic E-state index is 14.9. The Morgan fingerprint density at radius 3 is 1.40 bits per heavy atom. The number of methoxy groups -OCH3 is 2. The number of carbonyl (C=O) groups is 7. The van der Waals surface area contributed by atoms with Crippen molar-refractivity contribution in [2.75, 3.05) is 20.8 Å². The molecule has 0 heterocycles. The number of ketones is 6. The van der Waals surface area contributed by atoms with E-state index in [2.05, 4.69) is 0 Å². The summed E-state index contributed by atoms with van der Waals surface area (Å²) in [6.45, 7) is 19.7. The van der Waals surface area contributed by atoms with Crippen molar-refractivity contribution >= 4 is 40.7 Å². The van der Waals surface area contributed by atoms with Crippen molar-refractivity contribution in [1.29, 1.82) is 0 Å². The van der Waals surface area contributed by atoms with E-state index in [1.807, 2.05) is 67.5 Å². The van der Waals surface area contributed by atoms with Gasteiger partial charge in [-0.25, -0.2) is 0 Å². The first-order valence-electron chi connectivity index (χ1n) is 27.3. The van der Waals surface area contributed by atoms with Gasteiger partial charge < -0.3 is 14.2 Å². The summed E-state index contributed by atoms with van der Waals surface area (Å²) < 4.78 is 95.0. The lowest BCUT2D eigenvalue weighted by atomic mass is 9.39. The zero-order valence-electron chi connectivity index (χ0n) is 49.2. The molecule has 0 saturated heterocycles. The van der Waals surface area contributed by atoms with Crippen LogP contribution < -0.4 is 0 Å². The molecule has 16 heteroatoms. The molecule has 2 fully saturated rings. The fraction of sp³-hybridized carbons (Fsp3) is 0.523. The second-order valence-corrected chi connectivity index (χ2v) is 24.3. The van der Waals surface area contributed by atoms with Gasteiger partial charge in [0.25, 0.3) is 0 Å². The van der Waals surface area contributed by atoms with E-state index in [9.17, 15) is 59.9 Å². The van der Waals surface area contributed by atoms with Gasteiger partial charge in [0.05, 0.1) is 36.4 Å². The summed E-state index contributed by atoms with van der Waals surface area (Å²) in [5.41, 5.74) is -5.49. The van der Waals surface area contributed by atoms with Gasteiger partial charge in [-0.3, -0.25) is 33.6 Å². The van der Waals surface area contributed by atoms with Gasteiger partial charge in [-0.1, -0.05) is 135 Å². The molecule has 0 N–H and O–H groups in total. The topological polar surface area (TPSA) is 147 Å². The second-order valence-electron chi connectivity index (χ2n) is 24.3. The van der Waals surface area contributed by atoms with E-state index in [1.54, 1.807) is 101 Å². The Balaban J connectivity index is 0.000000297. The molecular formula is C65H78F6O10. The molecule has 2 saturated carbocycles. The number of allylic oxidation sites excluding steroid dienone is 12. The van der Waals surface area contributed by atoms with Crippen LogP contribution in [0.4, 0.5) is 26.3 Å². The van der Waals surface area contributed by atoms with Crippen LogP contribution in [-0.4, -0.2) is 73.8 Å². The number of Topliss-reactive ketones (excluding diaryl/α,β-unsaturated/α-hetero) is 6. The molecule has 4 bridgehead atoms. The van der Waals surface area contributed by atoms with Crippen LogP contribution in [0.15, 0.2) is 130 Å². The summed E-state index contributed by atoms with van der Waals surface area (Å²) in [7, 11) is 2.61. The van der Waals surface area contributed by atoms with Crippen LogP contribution in [0.2, 0.25) is 0 Å². The maximum absolute atomic E-state index is 14.9. The molecule has 10 nitrogen and oxygen atoms in total. The van der Waals surface area contributed by atoms with Gasteiger partial charge >= 0.3 is 18.3 Å². The SMILES string of the molecule is COC1=C(C(=O)c2ccccc2)C(=O)[C@]2(CC=C(C)C)C(=O)[C@@]1(CC=C(C)C)C[C@H](CCCC(F)(F)F)C2(C)C.COC1=C(C(=O)c2ccccc2)C(=O)[C@]2(CC=C(C)C)C[C@H](C(=O)OCC(F)(F)F)C(C)(C)[C@@]1(CC=C(C)C)C2=O. The normalized spacial score (nSPS) is 25.6. The number of hydrogen-bond donors (Lipinski definition) is 0. The smallest absolute Gasteiger partial charge is 0.422 e. The van der Waals surface area contributed by atoms with Crippen molar-refractivity contribution in [2.24, 2.45) is 44.3 Å². The van der Waals surface area contributed by atoms with Crippen molar-refractivity contribution in [3.8, 4) is 0 Å². The van der Waals surface area contributed by atoms with Crippen molar-refractivity contribution in [2.45, 2.75) is 153 Å². The molecule has 0 spiro atoms. The zero-order chi connectivity index (χ0) is 61.1. The number of benzene rings is 2. The number of esters is 1. The first-order chi connectivity index (χ1) is 37.5. The minimum atomic E-state index is -4.76. The van der Waals surface area contributed by atoms with Crippen molar-refractivity contribution in [1.82, 2.24) is 0 Å². The van der Waals surface area contributed by atoms with Crippen LogP contribution in [0.25, 0.3) is 0 Å². The van der Waals surface area contributed by atoms with Crippen LogP contribution >= 0.6 is 0 Å². The number of fused-ring (bicyclic) bond motifs is 4. The third-order valence-corrected chi connectivity index (χ3v) is 17.4. The fourth-order valence-corrected chi connectivity index (χ4v) is 12.8. The van der Waals surface area contributed by atoms with E-state index in [-0.39, 0.29) is 79.0 Å². The minimum absolute atomic E-state index is 0.0389. The van der Waals surface area contributed by atoms with Gasteiger partial charge in [0.2, 0.25) is 0 Å². The van der Waals surface area contributed by atoms with Gasteiger partial charge in [0.1, 0.15) is 28.1 Å². The van der Waals surface area contributed by atoms with E-state index >= 15 is 0 Å². The van der Waals surface area contributed by atoms with Crippen LogP contribution in [-0.2, 0) is 38.2 Å². The van der Waals surface area contributed by atoms with Crippen LogP contribution in [0.5, 0.6) is 0 Å². The summed E-state index contributed by atoms with van der Waals surface area (Å²) in [5.74, 6) is -6.35. The first kappa shape index (κ1) is 65.4. The Labute approximate surface area is 472 Å². The summed E-state index contributed by atoms with van der Waals surface area (Å²) in [5, 5.41) is 0. The average molecular weight is 1130 g/mol. The molecule has 2 aromatic rings. The van der Waals surface area contributed by atoms with Crippen LogP contribution in [0.1, 0.15) is 162 Å². The second kappa shape index (κ2) is 24.6. The first-order valence-corrected chi connectivity index (χ1v) is 27.3. The Bertz CT molecular complexity index is 2970. The average Bonchev–Trinajstić information content (AvgIpc) is 3.43. The summed E-state index contributed by atoms with van der Waals surface area (Å²) in [4.78, 5) is 100. The number of rotatable bonds is 19. The number of carbonyl (C=O) groups excluding carboxylic acids is 7. The van der Waals surface area contributed by atoms with Gasteiger partial charge in [0, 0.05) is 17.5 Å². The van der Waals surface area contributed by atoms with Gasteiger partial charge in [-0.2, -0.15) is 26.3 Å². The highest BCUT2D eigenvalue weighted by atomic mass is 19.4. The van der Waals surface area contributed by atoms with Crippen molar-refractivity contribution in [3.63, 3.8) is 0 Å². The van der Waals surface area contributed by atoms with Gasteiger partial charge in [-0.15, -0.1) is 0 Å². The van der Waals surface area contributed by atoms with E-state index in [0.29, 0.717) is 5.56 Å². The lowest BCUT2D eigenvalue weighted by Gasteiger charge is -2.60. The van der Waals surface area contributed by atoms with Crippen LogP contribution in [0.3, 0.4) is 0 Å². The van der Waals surface area contributed by atoms with E-state index < -0.39 is 111 Å². The highest BCUT2D eigenvalue weighted by Gasteiger charge is 2.75. The molecule has 4 aliphatic carbocycles. The lowest BCUT2D eigenvalue weighted by molar-refractivity contribution is -0.200. The minimum Gasteiger partial charge on any atom is -0.499 e. The van der Waals surface area contributed by atoms with E-state index in [1.165, 1.54) is 14.2 Å². The summed E-state index contributed by atoms with van der Waals surface area (Å²) in [6, 6.07) is 16.5. The predicted octanol–water partition coefficient (Wildman–Crippen LogP) is 15.1. The molecule has 81 heavy (non-hydrogen) atoms. The maximum Gasteiger partial charge on any atom is 0.422 e. The Morgan fingerprint density at radius 2 is 0.963 bits per heavy atom. The zero-order valence-corrected chi connectivity index (χ0v) is 49.2. The molecule has 0 unspecified atom stereocenters. The molecule has 0 radical (unpaired) electrons. The molecule has 0 amide bonds. The van der Waals surface area contributed by atoms with Crippen molar-refractivity contribution in [3.05, 3.63) is 141 Å². The van der Waals surface area contributed by atoms with Crippen molar-refractivity contribution < 1.29 is 74.1 Å². The summed E-state index contributed by atoms with van der Waals surface area (Å²) in [6.07, 6.45) is -2.87. The number of alkyl halides is 6. The highest BCUT2D eigenvalue weighted by molar-refractivity contribution is 6.36. The van der Waals surface area contributed by atoms with E-state index in [0.717, 1.165) is 22.3 Å². The Morgan fingerprint density at radius 1 is 0.543 bits per heavy atom. The van der Waals surface area contributed by atoms with Gasteiger partial charge in [0.15, 0.2) is 41.3 Å². The quantitative estimate of drug-likeness (QED) is 0.0332. The highest BCUT2D eigenvalue weighted by Crippen LogP contribution is 2.69. The molecule has 4 aliphatic rings. The fourth-order valence-electron chi connectivity index (χ4n) is 12.8. The molecule has 0 aliphatic heterocycles. The van der Waals surface area contributed by atoms with Crippen LogP contribution in [0, 0.1) is 44.3 Å². The number of halogens is 6. The van der Waals surface area contributed by atoms with Gasteiger partial charge in [-0.05, 0) is 124 Å². The Hall–Kier alpha value is -6.45. The molecule has 440 valence electrons. The lowest BCUT2D eigenvalue weighted by Crippen LogP contribution is -2.67. The summed E-state index contributed by atoms with van der Waals surface area (Å²) >= 11 is 0. The molecule has 0 aromatic heterocycles.